The highest BCUT2D eigenvalue weighted by atomic mass is 16.5. The molecule has 1 amide bonds. The normalized spacial score (nSPS) is 14.8. The summed E-state index contributed by atoms with van der Waals surface area (Å²) in [6.45, 7) is 1.24. The minimum Gasteiger partial charge on any atom is -0.383 e. The van der Waals surface area contributed by atoms with Gasteiger partial charge in [-0.05, 0) is 0 Å². The summed E-state index contributed by atoms with van der Waals surface area (Å²) >= 11 is 0. The molecule has 3 rings (SSSR count). The third-order valence-electron chi connectivity index (χ3n) is 3.63. The van der Waals surface area contributed by atoms with E-state index in [1.165, 1.54) is 11.6 Å². The summed E-state index contributed by atoms with van der Waals surface area (Å²) in [6.07, 6.45) is 0. The van der Waals surface area contributed by atoms with Gasteiger partial charge < -0.3 is 14.2 Å². The number of amides is 1. The van der Waals surface area contributed by atoms with Gasteiger partial charge in [-0.15, -0.1) is 0 Å². The highest BCUT2D eigenvalue weighted by Gasteiger charge is 2.27. The molecule has 3 heterocycles. The molecule has 0 spiro atoms. The van der Waals surface area contributed by atoms with Gasteiger partial charge in [-0.2, -0.15) is 0 Å². The number of ether oxygens (including phenoxy) is 1. The van der Waals surface area contributed by atoms with Gasteiger partial charge in [-0.3, -0.25) is 19.1 Å². The van der Waals surface area contributed by atoms with Gasteiger partial charge in [-0.1, -0.05) is 0 Å². The summed E-state index contributed by atoms with van der Waals surface area (Å²) in [5, 5.41) is 0. The van der Waals surface area contributed by atoms with Crippen molar-refractivity contribution < 1.29 is 9.53 Å². The monoisotopic (exact) mass is 293 g/mol. The topological polar surface area (TPSA) is 102 Å². The Morgan fingerprint density at radius 2 is 2.05 bits per heavy atom. The highest BCUT2D eigenvalue weighted by Crippen LogP contribution is 2.17. The molecule has 2 aromatic heterocycles. The standard InChI is InChI=1S/C12H15N5O4/c1-15-10-9(11(19)14-12(15)20)17-6-8(18)16(3-4-21-2)5-7(17)13-10/h3-6H2,1-2H3,(H,14,19,20). The number of carbonyl (C=O) groups is 1. The van der Waals surface area contributed by atoms with Gasteiger partial charge in [0.2, 0.25) is 5.91 Å². The molecule has 9 nitrogen and oxygen atoms in total. The van der Waals surface area contributed by atoms with Crippen molar-refractivity contribution in [2.75, 3.05) is 20.3 Å². The Labute approximate surface area is 118 Å². The molecule has 0 aromatic carbocycles. The van der Waals surface area contributed by atoms with E-state index in [2.05, 4.69) is 9.97 Å². The van der Waals surface area contributed by atoms with Crippen molar-refractivity contribution >= 4 is 17.1 Å². The molecular weight excluding hydrogens is 278 g/mol. The first-order valence-electron chi connectivity index (χ1n) is 6.48. The Balaban J connectivity index is 2.13. The van der Waals surface area contributed by atoms with Crippen LogP contribution in [0.3, 0.4) is 0 Å². The van der Waals surface area contributed by atoms with Crippen LogP contribution in [0.15, 0.2) is 9.59 Å². The van der Waals surface area contributed by atoms with Gasteiger partial charge in [0.15, 0.2) is 11.2 Å². The first-order chi connectivity index (χ1) is 10.0. The Kier molecular flexibility index (Phi) is 3.13. The van der Waals surface area contributed by atoms with Crippen molar-refractivity contribution in [2.24, 2.45) is 7.05 Å². The maximum Gasteiger partial charge on any atom is 0.329 e. The van der Waals surface area contributed by atoms with Crippen molar-refractivity contribution in [1.82, 2.24) is 24.0 Å². The number of nitrogens with one attached hydrogen (secondary N) is 1. The average molecular weight is 293 g/mol. The van der Waals surface area contributed by atoms with Crippen LogP contribution in [0.1, 0.15) is 5.82 Å². The SMILES string of the molecule is COCCN1Cc2nc3c(c(=O)[nH]c(=O)n3C)n2CC1=O. The van der Waals surface area contributed by atoms with E-state index in [-0.39, 0.29) is 18.0 Å². The molecule has 0 radical (unpaired) electrons. The Morgan fingerprint density at radius 3 is 2.76 bits per heavy atom. The highest BCUT2D eigenvalue weighted by molar-refractivity contribution is 5.81. The number of aromatic amines is 1. The van der Waals surface area contributed by atoms with E-state index < -0.39 is 11.2 Å². The lowest BCUT2D eigenvalue weighted by molar-refractivity contribution is -0.134. The van der Waals surface area contributed by atoms with E-state index in [0.717, 1.165) is 0 Å². The van der Waals surface area contributed by atoms with Gasteiger partial charge in [0, 0.05) is 20.7 Å². The number of H-pyrrole nitrogens is 1. The fourth-order valence-corrected chi connectivity index (χ4v) is 2.47. The molecule has 2 aromatic rings. The largest absolute Gasteiger partial charge is 0.383 e. The van der Waals surface area contributed by atoms with E-state index in [9.17, 15) is 14.4 Å². The number of aromatic nitrogens is 4. The van der Waals surface area contributed by atoms with Gasteiger partial charge in [-0.25, -0.2) is 9.78 Å². The van der Waals surface area contributed by atoms with Crippen molar-refractivity contribution in [3.63, 3.8) is 0 Å². The van der Waals surface area contributed by atoms with Gasteiger partial charge in [0.05, 0.1) is 13.2 Å². The van der Waals surface area contributed by atoms with E-state index in [1.54, 1.807) is 16.6 Å². The van der Waals surface area contributed by atoms with Crippen molar-refractivity contribution in [2.45, 2.75) is 13.1 Å². The first-order valence-corrected chi connectivity index (χ1v) is 6.48. The summed E-state index contributed by atoms with van der Waals surface area (Å²) in [7, 11) is 3.10. The van der Waals surface area contributed by atoms with Gasteiger partial charge in [0.25, 0.3) is 5.56 Å². The van der Waals surface area contributed by atoms with Crippen LogP contribution in [0.25, 0.3) is 11.2 Å². The molecule has 0 bridgehead atoms. The van der Waals surface area contributed by atoms with Crippen LogP contribution in [0.4, 0.5) is 0 Å². The van der Waals surface area contributed by atoms with E-state index in [1.807, 2.05) is 0 Å². The Morgan fingerprint density at radius 1 is 1.29 bits per heavy atom. The smallest absolute Gasteiger partial charge is 0.329 e. The third kappa shape index (κ3) is 2.05. The minimum absolute atomic E-state index is 0.0385. The number of imidazole rings is 1. The molecule has 1 aliphatic heterocycles. The first kappa shape index (κ1) is 13.6. The Bertz CT molecular complexity index is 831. The number of carbonyl (C=O) groups excluding carboxylic acids is 1. The molecule has 0 fully saturated rings. The molecule has 112 valence electrons. The lowest BCUT2D eigenvalue weighted by Crippen LogP contribution is -2.41. The summed E-state index contributed by atoms with van der Waals surface area (Å²) in [6, 6.07) is 0. The zero-order valence-corrected chi connectivity index (χ0v) is 11.8. The van der Waals surface area contributed by atoms with Crippen molar-refractivity contribution in [3.05, 3.63) is 26.7 Å². The molecule has 21 heavy (non-hydrogen) atoms. The Hall–Kier alpha value is -2.42. The second-order valence-corrected chi connectivity index (χ2v) is 4.91. The summed E-state index contributed by atoms with van der Waals surface area (Å²) in [5.41, 5.74) is -0.498. The second-order valence-electron chi connectivity index (χ2n) is 4.91. The minimum atomic E-state index is -0.523. The fraction of sp³-hybridized carbons (Fsp3) is 0.500. The summed E-state index contributed by atoms with van der Waals surface area (Å²) < 4.78 is 7.81. The van der Waals surface area contributed by atoms with Crippen molar-refractivity contribution in [3.8, 4) is 0 Å². The van der Waals surface area contributed by atoms with Crippen LogP contribution in [-0.4, -0.2) is 50.2 Å². The number of rotatable bonds is 3. The molecule has 1 aliphatic rings. The molecule has 1 N–H and O–H groups in total. The second kappa shape index (κ2) is 4.85. The molecule has 0 atom stereocenters. The van der Waals surface area contributed by atoms with E-state index in [0.29, 0.717) is 31.2 Å². The van der Waals surface area contributed by atoms with Crippen LogP contribution in [0.5, 0.6) is 0 Å². The number of aryl methyl sites for hydroxylation is 1. The number of nitrogens with zero attached hydrogens (tertiary/aromatic N) is 4. The zero-order chi connectivity index (χ0) is 15.1. The fourth-order valence-electron chi connectivity index (χ4n) is 2.47. The average Bonchev–Trinajstić information content (AvgIpc) is 2.81. The number of hydrogen-bond acceptors (Lipinski definition) is 5. The van der Waals surface area contributed by atoms with Crippen LogP contribution in [-0.2, 0) is 29.7 Å². The summed E-state index contributed by atoms with van der Waals surface area (Å²) in [4.78, 5) is 43.9. The number of methoxy groups -OCH3 is 1. The maximum atomic E-state index is 12.1. The van der Waals surface area contributed by atoms with Crippen LogP contribution in [0, 0.1) is 0 Å². The molecule has 0 aliphatic carbocycles. The van der Waals surface area contributed by atoms with Gasteiger partial charge in [0.1, 0.15) is 12.4 Å². The maximum absolute atomic E-state index is 12.1. The predicted octanol–water partition coefficient (Wildman–Crippen LogP) is -1.59. The number of fused-ring (bicyclic) bond motifs is 3. The zero-order valence-electron chi connectivity index (χ0n) is 11.8. The predicted molar refractivity (Wildman–Crippen MR) is 72.9 cm³/mol. The van der Waals surface area contributed by atoms with Crippen LogP contribution < -0.4 is 11.2 Å². The molecular formula is C12H15N5O4. The molecule has 0 unspecified atom stereocenters. The third-order valence-corrected chi connectivity index (χ3v) is 3.63. The summed E-state index contributed by atoms with van der Waals surface area (Å²) in [5.74, 6) is 0.486. The van der Waals surface area contributed by atoms with E-state index in [4.69, 9.17) is 4.74 Å². The lowest BCUT2D eigenvalue weighted by Gasteiger charge is -2.27. The van der Waals surface area contributed by atoms with Crippen LogP contribution >= 0.6 is 0 Å². The quantitative estimate of drug-likeness (QED) is 0.735. The lowest BCUT2D eigenvalue weighted by atomic mass is 10.3. The molecule has 0 saturated heterocycles. The van der Waals surface area contributed by atoms with Gasteiger partial charge >= 0.3 is 5.69 Å². The number of hydrogen-bond donors (Lipinski definition) is 1. The molecule has 0 saturated carbocycles. The van der Waals surface area contributed by atoms with Crippen molar-refractivity contribution in [1.29, 1.82) is 0 Å². The van der Waals surface area contributed by atoms with Crippen LogP contribution in [0.2, 0.25) is 0 Å². The molecule has 9 heteroatoms. The van der Waals surface area contributed by atoms with E-state index >= 15 is 0 Å².